The van der Waals surface area contributed by atoms with Crippen LogP contribution in [0.3, 0.4) is 0 Å². The third-order valence-electron chi connectivity index (χ3n) is 4.58. The molecular weight excluding hydrogens is 363 g/mol. The maximum absolute atomic E-state index is 12.5. The van der Waals surface area contributed by atoms with E-state index in [0.29, 0.717) is 24.5 Å². The molecule has 1 aromatic carbocycles. The van der Waals surface area contributed by atoms with Crippen molar-refractivity contribution in [3.8, 4) is 0 Å². The van der Waals surface area contributed by atoms with Crippen LogP contribution < -0.4 is 15.5 Å². The molecule has 3 rings (SSSR count). The number of amides is 2. The highest BCUT2D eigenvalue weighted by atomic mass is 35.5. The topological polar surface area (TPSA) is 64.7 Å². The summed E-state index contributed by atoms with van der Waals surface area (Å²) in [5.41, 5.74) is 0.753. The molecule has 8 heteroatoms. The number of halogens is 2. The molecule has 0 bridgehead atoms. The first kappa shape index (κ1) is 20.0. The molecule has 1 aromatic rings. The van der Waals surface area contributed by atoms with Crippen molar-refractivity contribution in [2.45, 2.75) is 6.42 Å². The lowest BCUT2D eigenvalue weighted by Crippen LogP contribution is -2.47. The molecule has 2 N–H and O–H groups in total. The molecule has 0 aliphatic carbocycles. The predicted molar refractivity (Wildman–Crippen MR) is 101 cm³/mol. The summed E-state index contributed by atoms with van der Waals surface area (Å²) < 4.78 is 0. The summed E-state index contributed by atoms with van der Waals surface area (Å²) in [5, 5.41) is 6.80. The second-order valence-corrected chi connectivity index (χ2v) is 6.63. The van der Waals surface area contributed by atoms with Gasteiger partial charge in [-0.15, -0.1) is 12.4 Å². The quantitative estimate of drug-likeness (QED) is 0.744. The van der Waals surface area contributed by atoms with E-state index in [0.717, 1.165) is 38.4 Å². The van der Waals surface area contributed by atoms with E-state index in [1.165, 1.54) is 0 Å². The Morgan fingerprint density at radius 2 is 2.04 bits per heavy atom. The smallest absolute Gasteiger partial charge is 0.239 e. The van der Waals surface area contributed by atoms with Crippen molar-refractivity contribution in [1.82, 2.24) is 15.5 Å². The van der Waals surface area contributed by atoms with Crippen LogP contribution in [0.25, 0.3) is 0 Å². The molecular formula is C17H24Cl2N4O2. The van der Waals surface area contributed by atoms with Crippen LogP contribution in [-0.4, -0.2) is 62.5 Å². The number of anilines is 1. The third-order valence-corrected chi connectivity index (χ3v) is 4.81. The first-order valence-corrected chi connectivity index (χ1v) is 8.80. The lowest BCUT2D eigenvalue weighted by Gasteiger charge is -2.27. The van der Waals surface area contributed by atoms with E-state index in [4.69, 9.17) is 11.6 Å². The maximum Gasteiger partial charge on any atom is 0.239 e. The van der Waals surface area contributed by atoms with Crippen molar-refractivity contribution in [2.75, 3.05) is 50.7 Å². The van der Waals surface area contributed by atoms with Crippen molar-refractivity contribution in [2.24, 2.45) is 5.92 Å². The van der Waals surface area contributed by atoms with E-state index >= 15 is 0 Å². The number of nitrogens with zero attached hydrogens (tertiary/aromatic N) is 2. The molecule has 0 saturated carbocycles. The Balaban J connectivity index is 0.00000225. The number of piperazine rings is 1. The standard InChI is InChI=1S/C17H23ClN4O2.ClH/c18-13-2-1-3-14(12-13)22-8-4-15(17(22)24)16(23)20-7-11-21-9-5-19-6-10-21;/h1-3,12,15,19H,4-11H2,(H,20,23);1H. The number of hydrogen-bond donors (Lipinski definition) is 2. The highest BCUT2D eigenvalue weighted by molar-refractivity contribution is 6.31. The SMILES string of the molecule is Cl.O=C(NCCN1CCNCC1)C1CCN(c2cccc(Cl)c2)C1=O. The van der Waals surface area contributed by atoms with Gasteiger partial charge in [0.05, 0.1) is 0 Å². The average Bonchev–Trinajstić information content (AvgIpc) is 2.97. The van der Waals surface area contributed by atoms with Crippen LogP contribution in [0.1, 0.15) is 6.42 Å². The molecule has 2 aliphatic rings. The van der Waals surface area contributed by atoms with Crippen molar-refractivity contribution in [1.29, 1.82) is 0 Å². The molecule has 0 spiro atoms. The second-order valence-electron chi connectivity index (χ2n) is 6.19. The summed E-state index contributed by atoms with van der Waals surface area (Å²) in [6.07, 6.45) is 0.546. The highest BCUT2D eigenvalue weighted by Crippen LogP contribution is 2.27. The molecule has 25 heavy (non-hydrogen) atoms. The van der Waals surface area contributed by atoms with Gasteiger partial charge in [-0.2, -0.15) is 0 Å². The second kappa shape index (κ2) is 9.38. The third kappa shape index (κ3) is 5.07. The van der Waals surface area contributed by atoms with Crippen molar-refractivity contribution >= 4 is 41.5 Å². The number of carbonyl (C=O) groups is 2. The number of rotatable bonds is 5. The Labute approximate surface area is 159 Å². The Hall–Kier alpha value is -1.34. The molecule has 2 saturated heterocycles. The molecule has 1 unspecified atom stereocenters. The molecule has 2 heterocycles. The largest absolute Gasteiger partial charge is 0.354 e. The van der Waals surface area contributed by atoms with E-state index < -0.39 is 5.92 Å². The minimum absolute atomic E-state index is 0. The van der Waals surface area contributed by atoms with Crippen LogP contribution in [0, 0.1) is 5.92 Å². The summed E-state index contributed by atoms with van der Waals surface area (Å²) >= 11 is 5.99. The van der Waals surface area contributed by atoms with Gasteiger partial charge in [0.1, 0.15) is 5.92 Å². The van der Waals surface area contributed by atoms with Gasteiger partial charge in [0.25, 0.3) is 0 Å². The van der Waals surface area contributed by atoms with Crippen LogP contribution >= 0.6 is 24.0 Å². The zero-order valence-corrected chi connectivity index (χ0v) is 15.6. The molecule has 2 amide bonds. The number of benzene rings is 1. The first-order valence-electron chi connectivity index (χ1n) is 8.43. The fraction of sp³-hybridized carbons (Fsp3) is 0.529. The van der Waals surface area contributed by atoms with Gasteiger partial charge in [-0.3, -0.25) is 14.5 Å². The Morgan fingerprint density at radius 1 is 1.28 bits per heavy atom. The number of hydrogen-bond acceptors (Lipinski definition) is 4. The zero-order chi connectivity index (χ0) is 16.9. The Bertz CT molecular complexity index is 608. The molecule has 6 nitrogen and oxygen atoms in total. The Morgan fingerprint density at radius 3 is 2.76 bits per heavy atom. The molecule has 0 aromatic heterocycles. The van der Waals surface area contributed by atoms with Gasteiger partial charge >= 0.3 is 0 Å². The van der Waals surface area contributed by atoms with E-state index in [-0.39, 0.29) is 24.2 Å². The molecule has 0 radical (unpaired) electrons. The number of carbonyl (C=O) groups excluding carboxylic acids is 2. The lowest BCUT2D eigenvalue weighted by molar-refractivity contribution is -0.132. The van der Waals surface area contributed by atoms with Gasteiger partial charge in [-0.1, -0.05) is 17.7 Å². The van der Waals surface area contributed by atoms with E-state index in [1.807, 2.05) is 12.1 Å². The van der Waals surface area contributed by atoms with Gasteiger partial charge < -0.3 is 15.5 Å². The highest BCUT2D eigenvalue weighted by Gasteiger charge is 2.37. The zero-order valence-electron chi connectivity index (χ0n) is 14.0. The van der Waals surface area contributed by atoms with Crippen molar-refractivity contribution < 1.29 is 9.59 Å². The summed E-state index contributed by atoms with van der Waals surface area (Å²) in [4.78, 5) is 28.8. The minimum atomic E-state index is -0.591. The van der Waals surface area contributed by atoms with Gasteiger partial charge in [-0.25, -0.2) is 0 Å². The molecule has 138 valence electrons. The molecule has 2 aliphatic heterocycles. The summed E-state index contributed by atoms with van der Waals surface area (Å²) in [6.45, 7) is 5.94. The summed E-state index contributed by atoms with van der Waals surface area (Å²) in [6, 6.07) is 7.18. The fourth-order valence-electron chi connectivity index (χ4n) is 3.22. The summed E-state index contributed by atoms with van der Waals surface area (Å²) in [7, 11) is 0. The fourth-order valence-corrected chi connectivity index (χ4v) is 3.40. The van der Waals surface area contributed by atoms with Crippen molar-refractivity contribution in [3.05, 3.63) is 29.3 Å². The normalized spacial score (nSPS) is 21.1. The van der Waals surface area contributed by atoms with Crippen LogP contribution in [0.15, 0.2) is 24.3 Å². The summed E-state index contributed by atoms with van der Waals surface area (Å²) in [5.74, 6) is -0.899. The number of nitrogens with one attached hydrogen (secondary N) is 2. The van der Waals surface area contributed by atoms with Gasteiger partial charge in [-0.05, 0) is 24.6 Å². The Kier molecular flexibility index (Phi) is 7.50. The minimum Gasteiger partial charge on any atom is -0.354 e. The van der Waals surface area contributed by atoms with Crippen LogP contribution in [0.5, 0.6) is 0 Å². The van der Waals surface area contributed by atoms with Crippen LogP contribution in [0.4, 0.5) is 5.69 Å². The van der Waals surface area contributed by atoms with Gasteiger partial charge in [0, 0.05) is 56.5 Å². The van der Waals surface area contributed by atoms with Crippen LogP contribution in [0.2, 0.25) is 5.02 Å². The molecule has 1 atom stereocenters. The molecule has 2 fully saturated rings. The van der Waals surface area contributed by atoms with E-state index in [2.05, 4.69) is 15.5 Å². The van der Waals surface area contributed by atoms with Gasteiger partial charge in [0.15, 0.2) is 0 Å². The van der Waals surface area contributed by atoms with Gasteiger partial charge in [0.2, 0.25) is 11.8 Å². The predicted octanol–water partition coefficient (Wildman–Crippen LogP) is 1.14. The van der Waals surface area contributed by atoms with E-state index in [1.54, 1.807) is 17.0 Å². The maximum atomic E-state index is 12.5. The van der Waals surface area contributed by atoms with E-state index in [9.17, 15) is 9.59 Å². The van der Waals surface area contributed by atoms with Crippen molar-refractivity contribution in [3.63, 3.8) is 0 Å². The first-order chi connectivity index (χ1) is 11.6. The monoisotopic (exact) mass is 386 g/mol. The average molecular weight is 387 g/mol. The lowest BCUT2D eigenvalue weighted by atomic mass is 10.1. The van der Waals surface area contributed by atoms with Crippen LogP contribution in [-0.2, 0) is 9.59 Å².